The summed E-state index contributed by atoms with van der Waals surface area (Å²) in [6, 6.07) is 4.75. The molecular weight excluding hydrogens is 308 g/mol. The van der Waals surface area contributed by atoms with E-state index in [1.807, 2.05) is 19.9 Å². The molecule has 0 aromatic heterocycles. The summed E-state index contributed by atoms with van der Waals surface area (Å²) in [7, 11) is 0. The highest BCUT2D eigenvalue weighted by atomic mass is 79.9. The molecule has 5 heteroatoms. The van der Waals surface area contributed by atoms with Gasteiger partial charge < -0.3 is 11.1 Å². The number of benzene rings is 1. The number of hydrogen-bond acceptors (Lipinski definition) is 2. The topological polar surface area (TPSA) is 72.2 Å². The van der Waals surface area contributed by atoms with E-state index in [-0.39, 0.29) is 12.3 Å². The monoisotopic (exact) mass is 324 g/mol. The molecule has 0 bridgehead atoms. The Balaban J connectivity index is 2.87. The highest BCUT2D eigenvalue weighted by Gasteiger charge is 2.19. The minimum absolute atomic E-state index is 0.270. The molecule has 1 rings (SSSR count). The number of carbonyl (C=O) groups excluding carboxylic acids is 2. The van der Waals surface area contributed by atoms with Crippen LogP contribution >= 0.6 is 15.9 Å². The molecule has 0 aliphatic rings. The molecule has 2 amide bonds. The first-order valence-electron chi connectivity index (χ1n) is 5.81. The first-order valence-corrected chi connectivity index (χ1v) is 6.60. The quantitative estimate of drug-likeness (QED) is 0.871. The number of nitrogens with two attached hydrogens (primary N) is 1. The van der Waals surface area contributed by atoms with Crippen LogP contribution in [-0.2, 0) is 4.79 Å². The highest BCUT2D eigenvalue weighted by molar-refractivity contribution is 9.11. The van der Waals surface area contributed by atoms with Crippen molar-refractivity contribution >= 4 is 27.7 Å². The Morgan fingerprint density at radius 2 is 1.84 bits per heavy atom. The lowest BCUT2D eigenvalue weighted by atomic mass is 10.1. The fourth-order valence-electron chi connectivity index (χ4n) is 1.79. The maximum atomic E-state index is 12.1. The largest absolute Gasteiger partial charge is 0.368 e. The maximum absolute atomic E-state index is 12.1. The molecule has 0 fully saturated rings. The zero-order valence-electron chi connectivity index (χ0n) is 11.0. The number of nitrogens with one attached hydrogen (secondary N) is 1. The molecule has 4 nitrogen and oxygen atoms in total. The lowest BCUT2D eigenvalue weighted by Crippen LogP contribution is -2.44. The Hall–Kier alpha value is -1.62. The number of rotatable bonds is 5. The lowest BCUT2D eigenvalue weighted by molar-refractivity contribution is -0.119. The number of amides is 2. The molecule has 0 aliphatic heterocycles. The third-order valence-electron chi connectivity index (χ3n) is 2.56. The molecule has 0 radical (unpaired) electrons. The molecule has 19 heavy (non-hydrogen) atoms. The summed E-state index contributed by atoms with van der Waals surface area (Å²) in [6.07, 6.45) is 0.270. The van der Waals surface area contributed by atoms with Crippen LogP contribution in [0.5, 0.6) is 0 Å². The van der Waals surface area contributed by atoms with Gasteiger partial charge in [-0.3, -0.25) is 9.59 Å². The van der Waals surface area contributed by atoms with E-state index >= 15 is 0 Å². The smallest absolute Gasteiger partial charge is 0.251 e. The molecule has 0 saturated heterocycles. The van der Waals surface area contributed by atoms with E-state index in [1.54, 1.807) is 12.1 Å². The van der Waals surface area contributed by atoms with Crippen molar-refractivity contribution in [2.45, 2.75) is 26.3 Å². The minimum Gasteiger partial charge on any atom is -0.368 e. The Morgan fingerprint density at radius 1 is 1.32 bits per heavy atom. The van der Waals surface area contributed by atoms with Crippen LogP contribution in [0.4, 0.5) is 0 Å². The van der Waals surface area contributed by atoms with Gasteiger partial charge in [-0.2, -0.15) is 0 Å². The van der Waals surface area contributed by atoms with Gasteiger partial charge in [-0.15, -0.1) is 0 Å². The van der Waals surface area contributed by atoms with Crippen molar-refractivity contribution in [1.82, 2.24) is 5.32 Å². The molecule has 102 valence electrons. The predicted molar refractivity (Wildman–Crippen MR) is 79.0 cm³/mol. The third-order valence-corrected chi connectivity index (χ3v) is 2.88. The standard InChI is InChI=1S/C14H17BrN2O2/c1-8-4-9(2)6-11(5-8)14(19)17-12(13(16)18)7-10(3)15/h4-6,12H,3,7H2,1-2H3,(H2,16,18)(H,17,19)/t12-/m0/s1. The highest BCUT2D eigenvalue weighted by Crippen LogP contribution is 2.12. The van der Waals surface area contributed by atoms with Gasteiger partial charge in [-0.1, -0.05) is 39.7 Å². The Labute approximate surface area is 121 Å². The van der Waals surface area contributed by atoms with E-state index in [2.05, 4.69) is 27.8 Å². The number of halogens is 1. The first-order chi connectivity index (χ1) is 8.79. The molecule has 1 atom stereocenters. The van der Waals surface area contributed by atoms with E-state index in [4.69, 9.17) is 5.73 Å². The van der Waals surface area contributed by atoms with Crippen molar-refractivity contribution in [2.75, 3.05) is 0 Å². The Bertz CT molecular complexity index is 506. The van der Waals surface area contributed by atoms with Crippen LogP contribution in [-0.4, -0.2) is 17.9 Å². The second-order valence-corrected chi connectivity index (χ2v) is 5.65. The molecule has 0 aliphatic carbocycles. The lowest BCUT2D eigenvalue weighted by Gasteiger charge is -2.15. The molecule has 3 N–H and O–H groups in total. The van der Waals surface area contributed by atoms with Crippen LogP contribution in [0.2, 0.25) is 0 Å². The van der Waals surface area contributed by atoms with Crippen LogP contribution in [0.1, 0.15) is 27.9 Å². The SMILES string of the molecule is C=C(Br)C[C@H](NC(=O)c1cc(C)cc(C)c1)C(N)=O. The van der Waals surface area contributed by atoms with Gasteiger partial charge in [0.1, 0.15) is 6.04 Å². The number of primary amides is 1. The van der Waals surface area contributed by atoms with E-state index < -0.39 is 11.9 Å². The van der Waals surface area contributed by atoms with Crippen molar-refractivity contribution in [2.24, 2.45) is 5.73 Å². The van der Waals surface area contributed by atoms with Crippen LogP contribution in [0, 0.1) is 13.8 Å². The zero-order valence-corrected chi connectivity index (χ0v) is 12.6. The second-order valence-electron chi connectivity index (χ2n) is 4.53. The summed E-state index contributed by atoms with van der Waals surface area (Å²) in [5.74, 6) is -0.900. The van der Waals surface area contributed by atoms with Gasteiger partial charge in [0.15, 0.2) is 0 Å². The summed E-state index contributed by atoms with van der Waals surface area (Å²) < 4.78 is 0.608. The first kappa shape index (κ1) is 15.4. The maximum Gasteiger partial charge on any atom is 0.251 e. The molecule has 1 aromatic rings. The Morgan fingerprint density at radius 3 is 2.26 bits per heavy atom. The van der Waals surface area contributed by atoms with E-state index in [0.29, 0.717) is 10.0 Å². The van der Waals surface area contributed by atoms with Gasteiger partial charge in [0.05, 0.1) is 0 Å². The average molecular weight is 325 g/mol. The van der Waals surface area contributed by atoms with Crippen molar-refractivity contribution < 1.29 is 9.59 Å². The molecule has 0 spiro atoms. The number of aryl methyl sites for hydroxylation is 2. The number of carbonyl (C=O) groups is 2. The number of hydrogen-bond donors (Lipinski definition) is 2. The normalized spacial score (nSPS) is 11.7. The fraction of sp³-hybridized carbons (Fsp3) is 0.286. The van der Waals surface area contributed by atoms with Crippen LogP contribution in [0.15, 0.2) is 29.3 Å². The molecule has 0 heterocycles. The van der Waals surface area contributed by atoms with Gasteiger partial charge in [0.2, 0.25) is 5.91 Å². The average Bonchev–Trinajstić information content (AvgIpc) is 2.25. The summed E-state index contributed by atoms with van der Waals surface area (Å²) in [5, 5.41) is 2.61. The summed E-state index contributed by atoms with van der Waals surface area (Å²) in [5.41, 5.74) is 7.76. The molecule has 0 saturated carbocycles. The van der Waals surface area contributed by atoms with Crippen molar-refractivity contribution in [3.63, 3.8) is 0 Å². The third kappa shape index (κ3) is 4.87. The van der Waals surface area contributed by atoms with Crippen molar-refractivity contribution in [3.8, 4) is 0 Å². The van der Waals surface area contributed by atoms with E-state index in [0.717, 1.165) is 11.1 Å². The minimum atomic E-state index is -0.764. The fourth-order valence-corrected chi connectivity index (χ4v) is 2.12. The van der Waals surface area contributed by atoms with Crippen LogP contribution in [0.3, 0.4) is 0 Å². The van der Waals surface area contributed by atoms with Gasteiger partial charge in [0.25, 0.3) is 5.91 Å². The van der Waals surface area contributed by atoms with E-state index in [9.17, 15) is 9.59 Å². The Kier molecular flexibility index (Phi) is 5.30. The molecule has 0 unspecified atom stereocenters. The second kappa shape index (κ2) is 6.52. The van der Waals surface area contributed by atoms with Gasteiger partial charge >= 0.3 is 0 Å². The van der Waals surface area contributed by atoms with Crippen molar-refractivity contribution in [1.29, 1.82) is 0 Å². The van der Waals surface area contributed by atoms with Crippen LogP contribution < -0.4 is 11.1 Å². The summed E-state index contributed by atoms with van der Waals surface area (Å²) in [6.45, 7) is 7.47. The predicted octanol–water partition coefficient (Wildman–Crippen LogP) is 2.19. The zero-order chi connectivity index (χ0) is 14.6. The summed E-state index contributed by atoms with van der Waals surface area (Å²) in [4.78, 5) is 23.4. The molecule has 1 aromatic carbocycles. The van der Waals surface area contributed by atoms with Gasteiger partial charge in [0, 0.05) is 12.0 Å². The van der Waals surface area contributed by atoms with E-state index in [1.165, 1.54) is 0 Å². The van der Waals surface area contributed by atoms with Gasteiger partial charge in [-0.25, -0.2) is 0 Å². The summed E-state index contributed by atoms with van der Waals surface area (Å²) >= 11 is 3.16. The van der Waals surface area contributed by atoms with Crippen LogP contribution in [0.25, 0.3) is 0 Å². The molecular formula is C14H17BrN2O2. The van der Waals surface area contributed by atoms with Gasteiger partial charge in [-0.05, 0) is 30.5 Å². The van der Waals surface area contributed by atoms with Crippen molar-refractivity contribution in [3.05, 3.63) is 46.0 Å².